The molecule has 0 fully saturated rings. The van der Waals surface area contributed by atoms with Crippen molar-refractivity contribution in [2.75, 3.05) is 6.54 Å². The van der Waals surface area contributed by atoms with Gasteiger partial charge in [-0.15, -0.1) is 0 Å². The topological polar surface area (TPSA) is 68.5 Å². The number of esters is 1. The number of amides is 1. The summed E-state index contributed by atoms with van der Waals surface area (Å²) in [7, 11) is 0. The molecule has 5 nitrogen and oxygen atoms in total. The van der Waals surface area contributed by atoms with E-state index in [1.165, 1.54) is 6.26 Å². The van der Waals surface area contributed by atoms with Gasteiger partial charge in [-0.2, -0.15) is 0 Å². The van der Waals surface area contributed by atoms with Crippen LogP contribution in [0.2, 0.25) is 0 Å². The number of ether oxygens (including phenoxy) is 1. The van der Waals surface area contributed by atoms with Gasteiger partial charge in [0.05, 0.1) is 12.7 Å². The highest BCUT2D eigenvalue weighted by Crippen LogP contribution is 2.16. The first-order valence-electron chi connectivity index (χ1n) is 5.93. The molecule has 0 aliphatic rings. The van der Waals surface area contributed by atoms with Gasteiger partial charge in [-0.1, -0.05) is 15.9 Å². The Morgan fingerprint density at radius 1 is 1.20 bits per heavy atom. The monoisotopic (exact) mass is 337 g/mol. The Labute approximate surface area is 124 Å². The van der Waals surface area contributed by atoms with Crippen molar-refractivity contribution in [1.29, 1.82) is 0 Å². The van der Waals surface area contributed by atoms with Crippen molar-refractivity contribution in [3.63, 3.8) is 0 Å². The van der Waals surface area contributed by atoms with Crippen molar-refractivity contribution in [3.05, 3.63) is 52.9 Å². The maximum Gasteiger partial charge on any atom is 0.312 e. The summed E-state index contributed by atoms with van der Waals surface area (Å²) >= 11 is 3.29. The second-order valence-electron chi connectivity index (χ2n) is 3.91. The van der Waals surface area contributed by atoms with E-state index in [9.17, 15) is 9.59 Å². The molecule has 0 radical (unpaired) electrons. The molecular weight excluding hydrogens is 326 g/mol. The zero-order valence-electron chi connectivity index (χ0n) is 10.5. The molecule has 0 unspecified atom stereocenters. The lowest BCUT2D eigenvalue weighted by Gasteiger charge is -2.05. The van der Waals surface area contributed by atoms with Gasteiger partial charge in [0.2, 0.25) is 0 Å². The Hall–Kier alpha value is -2.08. The number of carbonyl (C=O) groups excluding carboxylic acids is 2. The summed E-state index contributed by atoms with van der Waals surface area (Å²) in [5.74, 6) is -0.0830. The molecular formula is C14H12BrNO4. The highest BCUT2D eigenvalue weighted by molar-refractivity contribution is 9.10. The number of benzene rings is 1. The molecule has 0 saturated heterocycles. The number of rotatable bonds is 5. The van der Waals surface area contributed by atoms with Crippen molar-refractivity contribution >= 4 is 27.8 Å². The quantitative estimate of drug-likeness (QED) is 0.672. The molecule has 0 atom stereocenters. The second-order valence-corrected chi connectivity index (χ2v) is 4.83. The number of hydrogen-bond donors (Lipinski definition) is 1. The highest BCUT2D eigenvalue weighted by Gasteiger charge is 2.09. The lowest BCUT2D eigenvalue weighted by atomic mass is 10.3. The number of carbonyl (C=O) groups is 2. The summed E-state index contributed by atoms with van der Waals surface area (Å²) in [6, 6.07) is 10.1. The minimum atomic E-state index is -0.410. The van der Waals surface area contributed by atoms with E-state index in [-0.39, 0.29) is 24.6 Å². The average Bonchev–Trinajstić information content (AvgIpc) is 2.95. The van der Waals surface area contributed by atoms with Gasteiger partial charge in [-0.05, 0) is 36.4 Å². The Morgan fingerprint density at radius 3 is 2.60 bits per heavy atom. The van der Waals surface area contributed by atoms with E-state index < -0.39 is 5.97 Å². The van der Waals surface area contributed by atoms with Crippen LogP contribution in [0.25, 0.3) is 0 Å². The molecule has 1 N–H and O–H groups in total. The predicted molar refractivity (Wildman–Crippen MR) is 75.4 cm³/mol. The van der Waals surface area contributed by atoms with Crippen LogP contribution in [-0.4, -0.2) is 18.4 Å². The normalized spacial score (nSPS) is 10.1. The zero-order valence-corrected chi connectivity index (χ0v) is 12.1. The average molecular weight is 338 g/mol. The predicted octanol–water partition coefficient (Wildman–Crippen LogP) is 2.77. The number of nitrogens with one attached hydrogen (secondary N) is 1. The molecule has 2 aromatic rings. The van der Waals surface area contributed by atoms with Crippen LogP contribution in [0.1, 0.15) is 17.0 Å². The fourth-order valence-corrected chi connectivity index (χ4v) is 1.72. The number of halogens is 1. The molecule has 20 heavy (non-hydrogen) atoms. The van der Waals surface area contributed by atoms with Gasteiger partial charge >= 0.3 is 5.97 Å². The van der Waals surface area contributed by atoms with Gasteiger partial charge in [0.1, 0.15) is 5.75 Å². The minimum absolute atomic E-state index is 0.0858. The van der Waals surface area contributed by atoms with Gasteiger partial charge in [-0.3, -0.25) is 9.59 Å². The SMILES string of the molecule is O=C(CCNC(=O)c1ccco1)Oc1ccc(Br)cc1. The number of furan rings is 1. The smallest absolute Gasteiger partial charge is 0.312 e. The van der Waals surface area contributed by atoms with Crippen LogP contribution in [-0.2, 0) is 4.79 Å². The van der Waals surface area contributed by atoms with E-state index in [0.29, 0.717) is 5.75 Å². The molecule has 0 bridgehead atoms. The molecule has 0 spiro atoms. The van der Waals surface area contributed by atoms with Gasteiger partial charge < -0.3 is 14.5 Å². The van der Waals surface area contributed by atoms with Crippen molar-refractivity contribution < 1.29 is 18.7 Å². The fraction of sp³-hybridized carbons (Fsp3) is 0.143. The fourth-order valence-electron chi connectivity index (χ4n) is 1.46. The third kappa shape index (κ3) is 4.24. The zero-order chi connectivity index (χ0) is 14.4. The van der Waals surface area contributed by atoms with Gasteiger partial charge in [0.15, 0.2) is 5.76 Å². The third-order valence-electron chi connectivity index (χ3n) is 2.40. The van der Waals surface area contributed by atoms with E-state index >= 15 is 0 Å². The van der Waals surface area contributed by atoms with Crippen molar-refractivity contribution in [1.82, 2.24) is 5.32 Å². The van der Waals surface area contributed by atoms with Crippen LogP contribution in [0.4, 0.5) is 0 Å². The second kappa shape index (κ2) is 6.91. The lowest BCUT2D eigenvalue weighted by molar-refractivity contribution is -0.134. The summed E-state index contributed by atoms with van der Waals surface area (Å²) in [5.41, 5.74) is 0. The first-order valence-corrected chi connectivity index (χ1v) is 6.72. The van der Waals surface area contributed by atoms with Gasteiger partial charge in [0, 0.05) is 11.0 Å². The molecule has 1 aromatic carbocycles. The first-order chi connectivity index (χ1) is 9.65. The number of hydrogen-bond acceptors (Lipinski definition) is 4. The van der Waals surface area contributed by atoms with Crippen LogP contribution < -0.4 is 10.1 Å². The molecule has 2 rings (SSSR count). The molecule has 0 saturated carbocycles. The van der Waals surface area contributed by atoms with Gasteiger partial charge in [0.25, 0.3) is 5.91 Å². The third-order valence-corrected chi connectivity index (χ3v) is 2.93. The molecule has 0 aliphatic carbocycles. The van der Waals surface area contributed by atoms with Crippen molar-refractivity contribution in [2.24, 2.45) is 0 Å². The van der Waals surface area contributed by atoms with E-state index in [1.54, 1.807) is 36.4 Å². The van der Waals surface area contributed by atoms with E-state index in [0.717, 1.165) is 4.47 Å². The van der Waals surface area contributed by atoms with Crippen LogP contribution >= 0.6 is 15.9 Å². The molecule has 1 amide bonds. The minimum Gasteiger partial charge on any atom is -0.459 e. The lowest BCUT2D eigenvalue weighted by Crippen LogP contribution is -2.26. The van der Waals surface area contributed by atoms with Crippen LogP contribution in [0, 0.1) is 0 Å². The van der Waals surface area contributed by atoms with Crippen molar-refractivity contribution in [3.8, 4) is 5.75 Å². The maximum atomic E-state index is 11.6. The van der Waals surface area contributed by atoms with Crippen LogP contribution in [0.15, 0.2) is 51.6 Å². The summed E-state index contributed by atoms with van der Waals surface area (Å²) in [6.45, 7) is 0.189. The molecule has 0 aliphatic heterocycles. The van der Waals surface area contributed by atoms with Crippen LogP contribution in [0.3, 0.4) is 0 Å². The van der Waals surface area contributed by atoms with Crippen molar-refractivity contribution in [2.45, 2.75) is 6.42 Å². The summed E-state index contributed by atoms with van der Waals surface area (Å²) in [4.78, 5) is 23.1. The maximum absolute atomic E-state index is 11.6. The summed E-state index contributed by atoms with van der Waals surface area (Å²) < 4.78 is 10.9. The highest BCUT2D eigenvalue weighted by atomic mass is 79.9. The van der Waals surface area contributed by atoms with Crippen LogP contribution in [0.5, 0.6) is 5.75 Å². The largest absolute Gasteiger partial charge is 0.459 e. The molecule has 104 valence electrons. The Balaban J connectivity index is 1.73. The summed E-state index contributed by atoms with van der Waals surface area (Å²) in [5, 5.41) is 2.57. The Kier molecular flexibility index (Phi) is 4.95. The van der Waals surface area contributed by atoms with E-state index in [4.69, 9.17) is 9.15 Å². The summed E-state index contributed by atoms with van der Waals surface area (Å²) in [6.07, 6.45) is 1.50. The van der Waals surface area contributed by atoms with Gasteiger partial charge in [-0.25, -0.2) is 0 Å². The standard InChI is InChI=1S/C14H12BrNO4/c15-10-3-5-11(6-4-10)20-13(17)7-8-16-14(18)12-2-1-9-19-12/h1-6,9H,7-8H2,(H,16,18). The Bertz CT molecular complexity index is 578. The van der Waals surface area contributed by atoms with E-state index in [2.05, 4.69) is 21.2 Å². The molecule has 6 heteroatoms. The molecule has 1 heterocycles. The molecule has 1 aromatic heterocycles. The Morgan fingerprint density at radius 2 is 1.95 bits per heavy atom. The first kappa shape index (κ1) is 14.3. The van der Waals surface area contributed by atoms with E-state index in [1.807, 2.05) is 0 Å².